The summed E-state index contributed by atoms with van der Waals surface area (Å²) in [6, 6.07) is 18.9. The number of alkyl halides is 3. The molecule has 8 nitrogen and oxygen atoms in total. The number of rotatable bonds is 5. The Hall–Kier alpha value is -5.32. The lowest BCUT2D eigenvalue weighted by Gasteiger charge is -2.19. The summed E-state index contributed by atoms with van der Waals surface area (Å²) in [5, 5.41) is 23.9. The summed E-state index contributed by atoms with van der Waals surface area (Å²) >= 11 is 0. The summed E-state index contributed by atoms with van der Waals surface area (Å²) in [4.78, 5) is 25.5. The van der Waals surface area contributed by atoms with Crippen LogP contribution in [0.2, 0.25) is 0 Å². The largest absolute Gasteiger partial charge is 0.511 e. The maximum absolute atomic E-state index is 13.6. The molecule has 4 aromatic carbocycles. The lowest BCUT2D eigenvalue weighted by Crippen LogP contribution is -2.26. The number of amides is 1. The van der Waals surface area contributed by atoms with Crippen molar-refractivity contribution in [3.63, 3.8) is 0 Å². The summed E-state index contributed by atoms with van der Waals surface area (Å²) in [5.74, 6) is -0.755. The van der Waals surface area contributed by atoms with Crippen molar-refractivity contribution in [1.29, 1.82) is 0 Å². The lowest BCUT2D eigenvalue weighted by atomic mass is 10.0. The Bertz CT molecular complexity index is 1720. The molecule has 0 radical (unpaired) electrons. The molecule has 11 heteroatoms. The van der Waals surface area contributed by atoms with Crippen LogP contribution in [-0.2, 0) is 11.0 Å². The molecule has 1 amide bonds. The molecular formula is C30H22F3N3O5. The summed E-state index contributed by atoms with van der Waals surface area (Å²) in [6.07, 6.45) is -6.07. The van der Waals surface area contributed by atoms with Gasteiger partial charge in [-0.3, -0.25) is 15.1 Å². The number of aromatic hydroxyl groups is 1. The van der Waals surface area contributed by atoms with Crippen molar-refractivity contribution in [1.82, 2.24) is 0 Å². The van der Waals surface area contributed by atoms with E-state index in [0.29, 0.717) is 16.8 Å². The fraction of sp³-hybridized carbons (Fsp3) is 0.100. The van der Waals surface area contributed by atoms with Gasteiger partial charge in [0.1, 0.15) is 11.5 Å². The smallest absolute Gasteiger partial charge is 0.505 e. The third-order valence-electron chi connectivity index (χ3n) is 6.67. The number of hydrazone groups is 1. The summed E-state index contributed by atoms with van der Waals surface area (Å²) in [6.45, 7) is 3.72. The molecule has 5 rings (SSSR count). The maximum Gasteiger partial charge on any atom is 0.511 e. The monoisotopic (exact) mass is 561 g/mol. The molecule has 0 bridgehead atoms. The number of nitrogens with zero attached hydrogens (tertiary/aromatic N) is 2. The van der Waals surface area contributed by atoms with Crippen molar-refractivity contribution >= 4 is 34.8 Å². The predicted molar refractivity (Wildman–Crippen MR) is 147 cm³/mol. The molecule has 0 aliphatic carbocycles. The fourth-order valence-electron chi connectivity index (χ4n) is 4.44. The van der Waals surface area contributed by atoms with Gasteiger partial charge >= 0.3 is 12.3 Å². The number of hydrogen-bond acceptors (Lipinski definition) is 6. The molecule has 4 aromatic rings. The van der Waals surface area contributed by atoms with Crippen LogP contribution in [0.5, 0.6) is 11.5 Å². The predicted octanol–water partition coefficient (Wildman–Crippen LogP) is 7.25. The van der Waals surface area contributed by atoms with Gasteiger partial charge in [0.15, 0.2) is 5.71 Å². The number of hydrogen-bond donors (Lipinski definition) is 3. The molecule has 0 atom stereocenters. The highest BCUT2D eigenvalue weighted by molar-refractivity contribution is 6.55. The van der Waals surface area contributed by atoms with Gasteiger partial charge in [0.25, 0.3) is 5.91 Å². The van der Waals surface area contributed by atoms with Gasteiger partial charge < -0.3 is 14.9 Å². The van der Waals surface area contributed by atoms with E-state index in [2.05, 4.69) is 15.3 Å². The molecule has 41 heavy (non-hydrogen) atoms. The van der Waals surface area contributed by atoms with Crippen LogP contribution in [0.25, 0.3) is 11.1 Å². The Labute approximate surface area is 231 Å². The normalized spacial score (nSPS) is 13.8. The number of halogens is 3. The zero-order valence-electron chi connectivity index (χ0n) is 21.7. The molecule has 0 fully saturated rings. The maximum atomic E-state index is 13.6. The van der Waals surface area contributed by atoms with E-state index < -0.39 is 23.8 Å². The molecule has 0 spiro atoms. The highest BCUT2D eigenvalue weighted by atomic mass is 19.4. The number of nitrogens with one attached hydrogen (secondary N) is 1. The number of aryl methyl sites for hydroxylation is 2. The Morgan fingerprint density at radius 3 is 2.32 bits per heavy atom. The lowest BCUT2D eigenvalue weighted by molar-refractivity contribution is -0.137. The first-order valence-electron chi connectivity index (χ1n) is 12.2. The quantitative estimate of drug-likeness (QED) is 0.102. The standard InChI is InChI=1S/C30H22F3N3O5/c1-16-6-10-20(14-17(16)2)36-25-15-19(30(31,32)33)9-13-23(25)26(28(36)38)35-34-24-5-3-4-22(27(24)37)18-7-11-21(12-8-18)41-29(39)40/h3-15,34,37H,1-2H3,(H,39,40). The van der Waals surface area contributed by atoms with Gasteiger partial charge in [0.2, 0.25) is 0 Å². The number of anilines is 3. The minimum atomic E-state index is -4.62. The molecule has 0 saturated heterocycles. The van der Waals surface area contributed by atoms with Crippen LogP contribution in [-0.4, -0.2) is 28.0 Å². The third kappa shape index (κ3) is 5.29. The summed E-state index contributed by atoms with van der Waals surface area (Å²) in [7, 11) is 0. The van der Waals surface area contributed by atoms with Crippen molar-refractivity contribution in [3.8, 4) is 22.6 Å². The van der Waals surface area contributed by atoms with Gasteiger partial charge in [-0.15, -0.1) is 0 Å². The van der Waals surface area contributed by atoms with Crippen molar-refractivity contribution in [2.24, 2.45) is 5.10 Å². The van der Waals surface area contributed by atoms with Gasteiger partial charge in [-0.2, -0.15) is 18.3 Å². The van der Waals surface area contributed by atoms with Crippen LogP contribution in [0, 0.1) is 13.8 Å². The number of phenols is 1. The Morgan fingerprint density at radius 1 is 0.927 bits per heavy atom. The SMILES string of the molecule is Cc1ccc(N2C(=O)C(=NNc3cccc(-c4ccc(OC(=O)O)cc4)c3O)c3ccc(C(F)(F)F)cc32)cc1C. The Kier molecular flexibility index (Phi) is 6.87. The molecule has 1 aliphatic rings. The van der Waals surface area contributed by atoms with Gasteiger partial charge in [-0.1, -0.05) is 30.3 Å². The number of carbonyl (C=O) groups is 2. The second-order valence-corrected chi connectivity index (χ2v) is 9.31. The molecule has 1 heterocycles. The zero-order valence-corrected chi connectivity index (χ0v) is 21.7. The van der Waals surface area contributed by atoms with E-state index in [0.717, 1.165) is 23.3 Å². The van der Waals surface area contributed by atoms with Crippen LogP contribution >= 0.6 is 0 Å². The number of fused-ring (bicyclic) bond motifs is 1. The van der Waals surface area contributed by atoms with Crippen molar-refractivity contribution < 1.29 is 37.7 Å². The first-order chi connectivity index (χ1) is 19.4. The Balaban J connectivity index is 1.52. The molecule has 3 N–H and O–H groups in total. The van der Waals surface area contributed by atoms with Crippen LogP contribution < -0.4 is 15.1 Å². The first-order valence-corrected chi connectivity index (χ1v) is 12.2. The minimum absolute atomic E-state index is 0.0373. The van der Waals surface area contributed by atoms with Gasteiger partial charge in [0, 0.05) is 16.8 Å². The number of carbonyl (C=O) groups excluding carboxylic acids is 1. The third-order valence-corrected chi connectivity index (χ3v) is 6.67. The van der Waals surface area contributed by atoms with Gasteiger partial charge in [-0.25, -0.2) is 4.79 Å². The number of para-hydroxylation sites is 1. The molecular weight excluding hydrogens is 539 g/mol. The number of phenolic OH excluding ortho intramolecular Hbond substituents is 1. The highest BCUT2D eigenvalue weighted by Crippen LogP contribution is 2.41. The van der Waals surface area contributed by atoms with Crippen molar-refractivity contribution in [2.75, 3.05) is 10.3 Å². The van der Waals surface area contributed by atoms with E-state index in [-0.39, 0.29) is 34.1 Å². The highest BCUT2D eigenvalue weighted by Gasteiger charge is 2.39. The second-order valence-electron chi connectivity index (χ2n) is 9.31. The van der Waals surface area contributed by atoms with Crippen LogP contribution in [0.1, 0.15) is 22.3 Å². The number of ether oxygens (including phenoxy) is 1. The van der Waals surface area contributed by atoms with E-state index in [9.17, 15) is 27.9 Å². The second kappa shape index (κ2) is 10.3. The molecule has 0 saturated carbocycles. The van der Waals surface area contributed by atoms with Crippen molar-refractivity contribution in [3.05, 3.63) is 101 Å². The molecule has 0 aromatic heterocycles. The van der Waals surface area contributed by atoms with E-state index in [1.165, 1.54) is 29.2 Å². The van der Waals surface area contributed by atoms with Crippen molar-refractivity contribution in [2.45, 2.75) is 20.0 Å². The summed E-state index contributed by atoms with van der Waals surface area (Å²) in [5.41, 5.74) is 5.13. The fourth-order valence-corrected chi connectivity index (χ4v) is 4.44. The van der Waals surface area contributed by atoms with Crippen LogP contribution in [0.4, 0.5) is 35.0 Å². The first kappa shape index (κ1) is 27.3. The van der Waals surface area contributed by atoms with Gasteiger partial charge in [0.05, 0.1) is 16.9 Å². The molecule has 1 aliphatic heterocycles. The van der Waals surface area contributed by atoms with Crippen LogP contribution in [0.15, 0.2) is 84.0 Å². The molecule has 0 unspecified atom stereocenters. The average molecular weight is 562 g/mol. The number of benzene rings is 4. The summed E-state index contributed by atoms with van der Waals surface area (Å²) < 4.78 is 45.3. The average Bonchev–Trinajstić information content (AvgIpc) is 3.19. The minimum Gasteiger partial charge on any atom is -0.505 e. The van der Waals surface area contributed by atoms with Crippen LogP contribution in [0.3, 0.4) is 0 Å². The van der Waals surface area contributed by atoms with E-state index in [4.69, 9.17) is 5.11 Å². The zero-order chi connectivity index (χ0) is 29.5. The van der Waals surface area contributed by atoms with Gasteiger partial charge in [-0.05, 0) is 79.1 Å². The molecule has 208 valence electrons. The van der Waals surface area contributed by atoms with E-state index in [1.54, 1.807) is 42.5 Å². The van der Waals surface area contributed by atoms with E-state index in [1.807, 2.05) is 13.8 Å². The topological polar surface area (TPSA) is 111 Å². The Morgan fingerprint density at radius 2 is 1.66 bits per heavy atom. The number of carboxylic acid groups (broad SMARTS) is 1. The van der Waals surface area contributed by atoms with E-state index >= 15 is 0 Å².